The second-order valence-electron chi connectivity index (χ2n) is 4.77. The van der Waals surface area contributed by atoms with E-state index >= 15 is 0 Å². The van der Waals surface area contributed by atoms with E-state index in [9.17, 15) is 4.79 Å². The highest BCUT2D eigenvalue weighted by molar-refractivity contribution is 6.06. The van der Waals surface area contributed by atoms with E-state index in [0.717, 1.165) is 37.4 Å². The summed E-state index contributed by atoms with van der Waals surface area (Å²) in [6.07, 6.45) is 2.97. The molecule has 0 bridgehead atoms. The molecule has 0 atom stereocenters. The van der Waals surface area contributed by atoms with E-state index in [1.165, 1.54) is 0 Å². The van der Waals surface area contributed by atoms with Crippen LogP contribution in [0, 0.1) is 0 Å². The maximum atomic E-state index is 12.6. The van der Waals surface area contributed by atoms with Gasteiger partial charge in [0.05, 0.1) is 18.9 Å². The number of carbonyl (C=O) groups excluding carboxylic acids is 1. The minimum atomic E-state index is 0.111. The third kappa shape index (κ3) is 2.49. The Kier molecular flexibility index (Phi) is 3.51. The van der Waals surface area contributed by atoms with Crippen molar-refractivity contribution in [1.82, 2.24) is 4.90 Å². The zero-order valence-electron chi connectivity index (χ0n) is 10.9. The van der Waals surface area contributed by atoms with Gasteiger partial charge in [-0.15, -0.1) is 0 Å². The van der Waals surface area contributed by atoms with Gasteiger partial charge in [-0.2, -0.15) is 0 Å². The molecule has 0 aliphatic carbocycles. The Bertz CT molecular complexity index is 478. The Hall–Kier alpha value is -1.81. The molecule has 1 fully saturated rings. The molecule has 0 saturated carbocycles. The summed E-state index contributed by atoms with van der Waals surface area (Å²) in [6, 6.07) is 9.88. The van der Waals surface area contributed by atoms with Crippen LogP contribution in [-0.2, 0) is 9.53 Å². The summed E-state index contributed by atoms with van der Waals surface area (Å²) in [7, 11) is 0. The summed E-state index contributed by atoms with van der Waals surface area (Å²) in [4.78, 5) is 16.6. The van der Waals surface area contributed by atoms with Crippen molar-refractivity contribution in [3.8, 4) is 0 Å². The number of para-hydroxylation sites is 1. The van der Waals surface area contributed by atoms with Crippen LogP contribution >= 0.6 is 0 Å². The Labute approximate surface area is 113 Å². The molecular weight excluding hydrogens is 240 g/mol. The second kappa shape index (κ2) is 5.45. The third-order valence-corrected chi connectivity index (χ3v) is 3.57. The van der Waals surface area contributed by atoms with Gasteiger partial charge < -0.3 is 14.5 Å². The number of morpholine rings is 1. The third-order valence-electron chi connectivity index (χ3n) is 3.57. The fraction of sp³-hybridized carbons (Fsp3) is 0.400. The molecule has 0 unspecified atom stereocenters. The second-order valence-corrected chi connectivity index (χ2v) is 4.77. The molecule has 0 aromatic heterocycles. The van der Waals surface area contributed by atoms with Crippen LogP contribution in [0.15, 0.2) is 42.1 Å². The lowest BCUT2D eigenvalue weighted by Gasteiger charge is -2.35. The van der Waals surface area contributed by atoms with Gasteiger partial charge in [0.1, 0.15) is 0 Å². The highest BCUT2D eigenvalue weighted by Crippen LogP contribution is 2.23. The Balaban J connectivity index is 1.80. The van der Waals surface area contributed by atoms with Gasteiger partial charge in [0, 0.05) is 25.3 Å². The number of hydrogen-bond acceptors (Lipinski definition) is 3. The molecule has 1 saturated heterocycles. The molecule has 3 rings (SSSR count). The van der Waals surface area contributed by atoms with E-state index in [1.807, 2.05) is 35.2 Å². The Morgan fingerprint density at radius 2 is 1.74 bits per heavy atom. The number of anilines is 1. The van der Waals surface area contributed by atoms with Gasteiger partial charge in [0.15, 0.2) is 0 Å². The minimum absolute atomic E-state index is 0.111. The van der Waals surface area contributed by atoms with Gasteiger partial charge >= 0.3 is 0 Å². The predicted molar refractivity (Wildman–Crippen MR) is 73.9 cm³/mol. The van der Waals surface area contributed by atoms with E-state index in [1.54, 1.807) is 0 Å². The minimum Gasteiger partial charge on any atom is -0.378 e. The number of carbonyl (C=O) groups is 1. The van der Waals surface area contributed by atoms with E-state index < -0.39 is 0 Å². The normalized spacial score (nSPS) is 20.4. The molecule has 4 nitrogen and oxygen atoms in total. The van der Waals surface area contributed by atoms with Crippen LogP contribution in [0.1, 0.15) is 6.42 Å². The van der Waals surface area contributed by atoms with Crippen LogP contribution in [0.3, 0.4) is 0 Å². The highest BCUT2D eigenvalue weighted by atomic mass is 16.5. The van der Waals surface area contributed by atoms with Crippen LogP contribution in [0.4, 0.5) is 5.69 Å². The number of ether oxygens (including phenoxy) is 1. The molecule has 1 aromatic rings. The lowest BCUT2D eigenvalue weighted by atomic mass is 10.1. The van der Waals surface area contributed by atoms with Crippen molar-refractivity contribution in [2.75, 3.05) is 37.7 Å². The summed E-state index contributed by atoms with van der Waals surface area (Å²) in [6.45, 7) is 3.78. The molecule has 1 amide bonds. The van der Waals surface area contributed by atoms with Gasteiger partial charge in [0.2, 0.25) is 0 Å². The molecular formula is C15H18N2O2. The largest absolute Gasteiger partial charge is 0.378 e. The van der Waals surface area contributed by atoms with Gasteiger partial charge in [0.25, 0.3) is 5.91 Å². The number of amides is 1. The fourth-order valence-corrected chi connectivity index (χ4v) is 2.58. The highest BCUT2D eigenvalue weighted by Gasteiger charge is 2.27. The van der Waals surface area contributed by atoms with Crippen LogP contribution in [0.2, 0.25) is 0 Å². The Morgan fingerprint density at radius 3 is 2.47 bits per heavy atom. The molecule has 0 radical (unpaired) electrons. The first-order chi connectivity index (χ1) is 9.36. The molecule has 19 heavy (non-hydrogen) atoms. The van der Waals surface area contributed by atoms with Crippen molar-refractivity contribution in [3.05, 3.63) is 42.1 Å². The predicted octanol–water partition coefficient (Wildman–Crippen LogP) is 1.64. The standard InChI is InChI=1S/C15H18N2O2/c18-15-14(16-9-11-19-12-10-16)7-4-8-17(15)13-5-2-1-3-6-13/h1-3,5-7H,4,8-12H2. The number of rotatable bonds is 2. The first-order valence-corrected chi connectivity index (χ1v) is 6.76. The van der Waals surface area contributed by atoms with E-state index in [-0.39, 0.29) is 5.91 Å². The topological polar surface area (TPSA) is 32.8 Å². The van der Waals surface area contributed by atoms with Gasteiger partial charge in [-0.25, -0.2) is 0 Å². The molecule has 4 heteroatoms. The van der Waals surface area contributed by atoms with Crippen LogP contribution in [-0.4, -0.2) is 43.7 Å². The van der Waals surface area contributed by atoms with Crippen molar-refractivity contribution in [2.24, 2.45) is 0 Å². The van der Waals surface area contributed by atoms with Gasteiger partial charge in [-0.1, -0.05) is 24.3 Å². The molecule has 2 heterocycles. The molecule has 1 aromatic carbocycles. The first-order valence-electron chi connectivity index (χ1n) is 6.76. The van der Waals surface area contributed by atoms with Crippen LogP contribution in [0.25, 0.3) is 0 Å². The average molecular weight is 258 g/mol. The summed E-state index contributed by atoms with van der Waals surface area (Å²) >= 11 is 0. The number of nitrogens with zero attached hydrogens (tertiary/aromatic N) is 2. The molecule has 100 valence electrons. The van der Waals surface area contributed by atoms with E-state index in [4.69, 9.17) is 4.74 Å². The molecule has 0 spiro atoms. The first kappa shape index (κ1) is 12.2. The zero-order chi connectivity index (χ0) is 13.1. The van der Waals surface area contributed by atoms with Crippen molar-refractivity contribution < 1.29 is 9.53 Å². The number of hydrogen-bond donors (Lipinski definition) is 0. The lowest BCUT2D eigenvalue weighted by molar-refractivity contribution is -0.117. The average Bonchev–Trinajstić information content (AvgIpc) is 2.49. The summed E-state index contributed by atoms with van der Waals surface area (Å²) in [5, 5.41) is 0. The van der Waals surface area contributed by atoms with Crippen LogP contribution in [0.5, 0.6) is 0 Å². The quantitative estimate of drug-likeness (QED) is 0.808. The summed E-state index contributed by atoms with van der Waals surface area (Å²) < 4.78 is 5.34. The van der Waals surface area contributed by atoms with Crippen LogP contribution < -0.4 is 4.90 Å². The van der Waals surface area contributed by atoms with Crippen molar-refractivity contribution >= 4 is 11.6 Å². The smallest absolute Gasteiger partial charge is 0.274 e. The SMILES string of the molecule is O=C1C(N2CCOCC2)=CCCN1c1ccccc1. The van der Waals surface area contributed by atoms with Gasteiger partial charge in [-0.3, -0.25) is 4.79 Å². The zero-order valence-corrected chi connectivity index (χ0v) is 10.9. The molecule has 0 N–H and O–H groups in total. The lowest BCUT2D eigenvalue weighted by Crippen LogP contribution is -2.45. The summed E-state index contributed by atoms with van der Waals surface area (Å²) in [5.41, 5.74) is 1.81. The molecule has 2 aliphatic rings. The Morgan fingerprint density at radius 1 is 1.00 bits per heavy atom. The summed E-state index contributed by atoms with van der Waals surface area (Å²) in [5.74, 6) is 0.111. The van der Waals surface area contributed by atoms with Crippen molar-refractivity contribution in [1.29, 1.82) is 0 Å². The van der Waals surface area contributed by atoms with E-state index in [2.05, 4.69) is 11.0 Å². The van der Waals surface area contributed by atoms with Crippen molar-refractivity contribution in [3.63, 3.8) is 0 Å². The van der Waals surface area contributed by atoms with E-state index in [0.29, 0.717) is 13.2 Å². The molecule has 2 aliphatic heterocycles. The maximum Gasteiger partial charge on any atom is 0.274 e. The van der Waals surface area contributed by atoms with Crippen molar-refractivity contribution in [2.45, 2.75) is 6.42 Å². The van der Waals surface area contributed by atoms with Gasteiger partial charge in [-0.05, 0) is 18.6 Å². The monoisotopic (exact) mass is 258 g/mol. The number of benzene rings is 1. The fourth-order valence-electron chi connectivity index (χ4n) is 2.58. The maximum absolute atomic E-state index is 12.6.